The monoisotopic (exact) mass is 268 g/mol. The van der Waals surface area contributed by atoms with Gasteiger partial charge in [-0.1, -0.05) is 18.2 Å². The van der Waals surface area contributed by atoms with Crippen molar-refractivity contribution in [1.29, 1.82) is 0 Å². The molecule has 19 heavy (non-hydrogen) atoms. The fourth-order valence-electron chi connectivity index (χ4n) is 2.73. The van der Waals surface area contributed by atoms with Crippen LogP contribution in [0, 0.1) is 18.8 Å². The third-order valence-corrected chi connectivity index (χ3v) is 4.07. The van der Waals surface area contributed by atoms with Gasteiger partial charge in [-0.05, 0) is 68.2 Å². The van der Waals surface area contributed by atoms with Crippen LogP contribution in [0.5, 0.6) is 0 Å². The smallest absolute Gasteiger partial charge is 0.166 e. The first kappa shape index (κ1) is 14.2. The van der Waals surface area contributed by atoms with Gasteiger partial charge in [-0.3, -0.25) is 0 Å². The van der Waals surface area contributed by atoms with Gasteiger partial charge < -0.3 is 0 Å². The minimum atomic E-state index is -4.24. The molecule has 0 radical (unpaired) electrons. The van der Waals surface area contributed by atoms with Crippen molar-refractivity contribution in [3.63, 3.8) is 0 Å². The van der Waals surface area contributed by atoms with Crippen LogP contribution in [0.4, 0.5) is 13.2 Å². The van der Waals surface area contributed by atoms with Crippen molar-refractivity contribution >= 4 is 0 Å². The topological polar surface area (TPSA) is 0 Å². The minimum absolute atomic E-state index is 0.549. The van der Waals surface area contributed by atoms with Crippen LogP contribution >= 0.6 is 0 Å². The molecule has 1 fully saturated rings. The number of alkyl halides is 3. The standard InChI is InChI=1S/C16H19F3/c1-3-4-12-5-6-14(12)10-13-7-8-15(9-11(13)2)16(17,18)19/h3-4,7-9,12,14H,5-6,10H2,1-2H3. The van der Waals surface area contributed by atoms with Crippen LogP contribution < -0.4 is 0 Å². The Kier molecular flexibility index (Phi) is 4.02. The highest BCUT2D eigenvalue weighted by Gasteiger charge is 2.32. The van der Waals surface area contributed by atoms with E-state index in [1.54, 1.807) is 13.0 Å². The predicted octanol–water partition coefficient (Wildman–Crippen LogP) is 5.16. The van der Waals surface area contributed by atoms with Crippen LogP contribution in [-0.4, -0.2) is 0 Å². The molecule has 1 aliphatic rings. The number of hydrogen-bond acceptors (Lipinski definition) is 0. The summed E-state index contributed by atoms with van der Waals surface area (Å²) in [6, 6.07) is 4.10. The van der Waals surface area contributed by atoms with E-state index in [1.807, 2.05) is 6.92 Å². The van der Waals surface area contributed by atoms with Gasteiger partial charge in [0.15, 0.2) is 0 Å². The SMILES string of the molecule is CC=CC1CCC1Cc1ccc(C(F)(F)F)cc1C. The van der Waals surface area contributed by atoms with Gasteiger partial charge in [0, 0.05) is 0 Å². The molecular formula is C16H19F3. The molecule has 0 heterocycles. The molecule has 2 atom stereocenters. The molecule has 104 valence electrons. The van der Waals surface area contributed by atoms with E-state index in [2.05, 4.69) is 12.2 Å². The highest BCUT2D eigenvalue weighted by molar-refractivity contribution is 5.33. The molecule has 2 rings (SSSR count). The maximum absolute atomic E-state index is 12.6. The van der Waals surface area contributed by atoms with Crippen LogP contribution in [0.1, 0.15) is 36.5 Å². The van der Waals surface area contributed by atoms with Gasteiger partial charge in [-0.2, -0.15) is 13.2 Å². The zero-order valence-corrected chi connectivity index (χ0v) is 11.3. The summed E-state index contributed by atoms with van der Waals surface area (Å²) < 4.78 is 37.8. The number of rotatable bonds is 3. The van der Waals surface area contributed by atoms with E-state index >= 15 is 0 Å². The lowest BCUT2D eigenvalue weighted by Gasteiger charge is -2.35. The van der Waals surface area contributed by atoms with Gasteiger partial charge in [-0.15, -0.1) is 0 Å². The first-order valence-corrected chi connectivity index (χ1v) is 6.71. The van der Waals surface area contributed by atoms with E-state index in [0.29, 0.717) is 11.8 Å². The van der Waals surface area contributed by atoms with Crippen LogP contribution in [0.25, 0.3) is 0 Å². The second-order valence-electron chi connectivity index (χ2n) is 5.37. The third kappa shape index (κ3) is 3.20. The molecule has 0 bridgehead atoms. The van der Waals surface area contributed by atoms with Crippen molar-refractivity contribution in [3.8, 4) is 0 Å². The van der Waals surface area contributed by atoms with Gasteiger partial charge in [0.2, 0.25) is 0 Å². The Balaban J connectivity index is 2.10. The van der Waals surface area contributed by atoms with Crippen molar-refractivity contribution in [3.05, 3.63) is 47.0 Å². The quantitative estimate of drug-likeness (QED) is 0.664. The average molecular weight is 268 g/mol. The molecule has 1 aromatic carbocycles. The summed E-state index contributed by atoms with van der Waals surface area (Å²) in [5.41, 5.74) is 1.25. The lowest BCUT2D eigenvalue weighted by molar-refractivity contribution is -0.137. The number of allylic oxidation sites excluding steroid dienone is 2. The largest absolute Gasteiger partial charge is 0.416 e. The Hall–Kier alpha value is -1.25. The Morgan fingerprint density at radius 1 is 1.26 bits per heavy atom. The fourth-order valence-corrected chi connectivity index (χ4v) is 2.73. The average Bonchev–Trinajstić information content (AvgIpc) is 2.31. The fraction of sp³-hybridized carbons (Fsp3) is 0.500. The van der Waals surface area contributed by atoms with Crippen molar-refractivity contribution in [2.24, 2.45) is 11.8 Å². The van der Waals surface area contributed by atoms with Crippen molar-refractivity contribution in [2.75, 3.05) is 0 Å². The van der Waals surface area contributed by atoms with Gasteiger partial charge in [0.25, 0.3) is 0 Å². The Labute approximate surface area is 112 Å². The molecule has 1 aromatic rings. The molecule has 0 aliphatic heterocycles. The highest BCUT2D eigenvalue weighted by Crippen LogP contribution is 2.39. The number of halogens is 3. The molecule has 0 spiro atoms. The molecule has 1 saturated carbocycles. The van der Waals surface area contributed by atoms with E-state index < -0.39 is 11.7 Å². The van der Waals surface area contributed by atoms with Gasteiger partial charge in [0.05, 0.1) is 5.56 Å². The highest BCUT2D eigenvalue weighted by atomic mass is 19.4. The maximum Gasteiger partial charge on any atom is 0.416 e. The van der Waals surface area contributed by atoms with Crippen molar-refractivity contribution < 1.29 is 13.2 Å². The Morgan fingerprint density at radius 3 is 2.47 bits per heavy atom. The van der Waals surface area contributed by atoms with Crippen LogP contribution in [0.15, 0.2) is 30.4 Å². The number of benzene rings is 1. The number of aryl methyl sites for hydroxylation is 1. The van der Waals surface area contributed by atoms with Gasteiger partial charge in [0.1, 0.15) is 0 Å². The Bertz CT molecular complexity index is 471. The van der Waals surface area contributed by atoms with E-state index in [1.165, 1.54) is 25.0 Å². The van der Waals surface area contributed by atoms with Crippen LogP contribution in [0.2, 0.25) is 0 Å². The van der Waals surface area contributed by atoms with E-state index in [9.17, 15) is 13.2 Å². The summed E-state index contributed by atoms with van der Waals surface area (Å²) in [6.45, 7) is 3.78. The van der Waals surface area contributed by atoms with Gasteiger partial charge in [-0.25, -0.2) is 0 Å². The summed E-state index contributed by atoms with van der Waals surface area (Å²) in [5, 5.41) is 0. The summed E-state index contributed by atoms with van der Waals surface area (Å²) in [4.78, 5) is 0. The molecule has 0 N–H and O–H groups in total. The zero-order valence-electron chi connectivity index (χ0n) is 11.3. The lowest BCUT2D eigenvalue weighted by Crippen LogP contribution is -2.26. The van der Waals surface area contributed by atoms with Crippen LogP contribution in [0.3, 0.4) is 0 Å². The van der Waals surface area contributed by atoms with Crippen molar-refractivity contribution in [1.82, 2.24) is 0 Å². The molecule has 0 saturated heterocycles. The molecule has 0 nitrogen and oxygen atoms in total. The van der Waals surface area contributed by atoms with E-state index in [4.69, 9.17) is 0 Å². The lowest BCUT2D eigenvalue weighted by atomic mass is 9.70. The van der Waals surface area contributed by atoms with E-state index in [0.717, 1.165) is 17.5 Å². The maximum atomic E-state index is 12.6. The molecular weight excluding hydrogens is 249 g/mol. The van der Waals surface area contributed by atoms with Crippen LogP contribution in [-0.2, 0) is 12.6 Å². The summed E-state index contributed by atoms with van der Waals surface area (Å²) in [6.07, 6.45) is 3.31. The minimum Gasteiger partial charge on any atom is -0.166 e. The van der Waals surface area contributed by atoms with Gasteiger partial charge >= 0.3 is 6.18 Å². The zero-order chi connectivity index (χ0) is 14.0. The summed E-state index contributed by atoms with van der Waals surface area (Å²) in [7, 11) is 0. The molecule has 3 heteroatoms. The second kappa shape index (κ2) is 5.40. The summed E-state index contributed by atoms with van der Waals surface area (Å²) in [5.74, 6) is 1.19. The normalized spacial score (nSPS) is 23.6. The van der Waals surface area contributed by atoms with Crippen molar-refractivity contribution in [2.45, 2.75) is 39.3 Å². The Morgan fingerprint density at radius 2 is 2.00 bits per heavy atom. The molecule has 1 aliphatic carbocycles. The predicted molar refractivity (Wildman–Crippen MR) is 70.9 cm³/mol. The molecule has 0 aromatic heterocycles. The van der Waals surface area contributed by atoms with E-state index in [-0.39, 0.29) is 0 Å². The third-order valence-electron chi connectivity index (χ3n) is 4.07. The summed E-state index contributed by atoms with van der Waals surface area (Å²) >= 11 is 0. The second-order valence-corrected chi connectivity index (χ2v) is 5.37. The molecule has 2 unspecified atom stereocenters. The first-order chi connectivity index (χ1) is 8.91. The first-order valence-electron chi connectivity index (χ1n) is 6.71. The molecule has 0 amide bonds. The number of hydrogen-bond donors (Lipinski definition) is 0.